The number of esters is 1. The van der Waals surface area contributed by atoms with Crippen LogP contribution in [-0.4, -0.2) is 29.1 Å². The first-order valence-electron chi connectivity index (χ1n) is 11.4. The van der Waals surface area contributed by atoms with Crippen LogP contribution in [0.5, 0.6) is 11.5 Å². The molecule has 0 saturated carbocycles. The molecule has 1 N–H and O–H groups in total. The highest BCUT2D eigenvalue weighted by atomic mass is 16.6. The highest BCUT2D eigenvalue weighted by Gasteiger charge is 2.20. The van der Waals surface area contributed by atoms with E-state index in [4.69, 9.17) is 9.47 Å². The van der Waals surface area contributed by atoms with Crippen LogP contribution in [0.25, 0.3) is 11.1 Å². The van der Waals surface area contributed by atoms with Crippen molar-refractivity contribution in [3.8, 4) is 22.6 Å². The Morgan fingerprint density at radius 1 is 0.943 bits per heavy atom. The summed E-state index contributed by atoms with van der Waals surface area (Å²) in [4.78, 5) is 34.7. The monoisotopic (exact) mass is 477 g/mol. The summed E-state index contributed by atoms with van der Waals surface area (Å²) in [5.41, 5.74) is 2.54. The first kappa shape index (κ1) is 25.4. The van der Waals surface area contributed by atoms with E-state index in [1.807, 2.05) is 0 Å². The van der Waals surface area contributed by atoms with Gasteiger partial charge in [-0.3, -0.25) is 10.1 Å². The predicted octanol–water partition coefficient (Wildman–Crippen LogP) is 6.31. The number of carbonyl (C=O) groups is 2. The molecule has 0 spiro atoms. The first-order chi connectivity index (χ1) is 16.8. The Kier molecular flexibility index (Phi) is 8.56. The van der Waals surface area contributed by atoms with Gasteiger partial charge in [-0.25, -0.2) is 9.59 Å². The van der Waals surface area contributed by atoms with Crippen molar-refractivity contribution in [3.63, 3.8) is 0 Å². The van der Waals surface area contributed by atoms with E-state index in [-0.39, 0.29) is 22.6 Å². The van der Waals surface area contributed by atoms with Crippen molar-refractivity contribution in [2.75, 3.05) is 7.11 Å². The molecule has 0 aliphatic rings. The molecule has 3 aromatic rings. The van der Waals surface area contributed by atoms with Crippen molar-refractivity contribution in [3.05, 3.63) is 87.5 Å². The molecular weight excluding hydrogens is 450 g/mol. The number of carboxylic acids is 1. The number of carbonyl (C=O) groups excluding carboxylic acids is 1. The maximum atomic E-state index is 12.6. The number of nitro benzene ring substituents is 1. The zero-order valence-corrected chi connectivity index (χ0v) is 19.7. The van der Waals surface area contributed by atoms with Gasteiger partial charge in [0.15, 0.2) is 0 Å². The van der Waals surface area contributed by atoms with Crippen molar-refractivity contribution in [2.45, 2.75) is 39.0 Å². The van der Waals surface area contributed by atoms with Crippen LogP contribution in [-0.2, 0) is 6.42 Å². The van der Waals surface area contributed by atoms with Crippen molar-refractivity contribution < 1.29 is 29.1 Å². The number of hydrogen-bond acceptors (Lipinski definition) is 6. The van der Waals surface area contributed by atoms with Crippen LogP contribution in [0, 0.1) is 10.1 Å². The minimum atomic E-state index is -0.998. The molecule has 0 unspecified atom stereocenters. The van der Waals surface area contributed by atoms with Crippen LogP contribution < -0.4 is 9.47 Å². The van der Waals surface area contributed by atoms with E-state index >= 15 is 0 Å². The topological polar surface area (TPSA) is 116 Å². The van der Waals surface area contributed by atoms with Crippen LogP contribution in [0.3, 0.4) is 0 Å². The number of unbranched alkanes of at least 4 members (excludes halogenated alkanes) is 3. The van der Waals surface area contributed by atoms with Crippen molar-refractivity contribution >= 4 is 17.6 Å². The van der Waals surface area contributed by atoms with E-state index in [1.54, 1.807) is 36.4 Å². The van der Waals surface area contributed by atoms with Gasteiger partial charge >= 0.3 is 11.9 Å². The Hall–Kier alpha value is -4.20. The van der Waals surface area contributed by atoms with Gasteiger partial charge in [-0.2, -0.15) is 0 Å². The molecule has 0 bridgehead atoms. The minimum Gasteiger partial charge on any atom is -0.496 e. The number of non-ortho nitro benzene ring substituents is 1. The van der Waals surface area contributed by atoms with Gasteiger partial charge in [0.1, 0.15) is 11.5 Å². The summed E-state index contributed by atoms with van der Waals surface area (Å²) < 4.78 is 10.9. The Balaban J connectivity index is 1.89. The largest absolute Gasteiger partial charge is 0.496 e. The van der Waals surface area contributed by atoms with Gasteiger partial charge < -0.3 is 14.6 Å². The lowest BCUT2D eigenvalue weighted by atomic mass is 9.90. The Morgan fingerprint density at radius 3 is 2.20 bits per heavy atom. The molecule has 0 radical (unpaired) electrons. The summed E-state index contributed by atoms with van der Waals surface area (Å²) in [5, 5.41) is 20.5. The molecule has 3 aromatic carbocycles. The Labute approximate surface area is 203 Å². The smallest absolute Gasteiger partial charge is 0.343 e. The molecule has 182 valence electrons. The predicted molar refractivity (Wildman–Crippen MR) is 131 cm³/mol. The lowest BCUT2D eigenvalue weighted by molar-refractivity contribution is -0.384. The normalized spacial score (nSPS) is 10.6. The van der Waals surface area contributed by atoms with Crippen LogP contribution in [0.1, 0.15) is 58.9 Å². The van der Waals surface area contributed by atoms with Gasteiger partial charge in [-0.05, 0) is 60.4 Å². The fourth-order valence-electron chi connectivity index (χ4n) is 3.88. The SMILES string of the molecule is CCCCCCc1c(C(=O)O)ccc(OC)c1-c1ccc(C(=O)Oc2ccc([N+](=O)[O-])cc2)cc1. The number of carboxylic acid groups (broad SMARTS) is 1. The molecule has 0 saturated heterocycles. The molecule has 0 aliphatic carbocycles. The maximum absolute atomic E-state index is 12.6. The molecule has 0 aromatic heterocycles. The fourth-order valence-corrected chi connectivity index (χ4v) is 3.88. The van der Waals surface area contributed by atoms with Gasteiger partial charge in [-0.1, -0.05) is 38.3 Å². The molecule has 0 atom stereocenters. The van der Waals surface area contributed by atoms with E-state index in [0.717, 1.165) is 31.2 Å². The Morgan fingerprint density at radius 2 is 1.63 bits per heavy atom. The fraction of sp³-hybridized carbons (Fsp3) is 0.259. The number of nitrogens with zero attached hydrogens (tertiary/aromatic N) is 1. The average Bonchev–Trinajstić information content (AvgIpc) is 2.86. The van der Waals surface area contributed by atoms with Gasteiger partial charge in [-0.15, -0.1) is 0 Å². The highest BCUT2D eigenvalue weighted by Crippen LogP contribution is 2.37. The third kappa shape index (κ3) is 6.23. The number of ether oxygens (including phenoxy) is 2. The van der Waals surface area contributed by atoms with Crippen molar-refractivity contribution in [1.82, 2.24) is 0 Å². The number of nitro groups is 1. The summed E-state index contributed by atoms with van der Waals surface area (Å²) in [6, 6.07) is 15.1. The molecular formula is C27H27NO7. The minimum absolute atomic E-state index is 0.0998. The van der Waals surface area contributed by atoms with E-state index in [1.165, 1.54) is 31.4 Å². The zero-order chi connectivity index (χ0) is 25.4. The quantitative estimate of drug-likeness (QED) is 0.113. The average molecular weight is 478 g/mol. The van der Waals surface area contributed by atoms with Gasteiger partial charge in [0.05, 0.1) is 23.2 Å². The lowest BCUT2D eigenvalue weighted by Gasteiger charge is -2.17. The second-order valence-electron chi connectivity index (χ2n) is 8.00. The molecule has 0 heterocycles. The summed E-state index contributed by atoms with van der Waals surface area (Å²) in [7, 11) is 1.54. The molecule has 8 nitrogen and oxygen atoms in total. The molecule has 0 amide bonds. The third-order valence-electron chi connectivity index (χ3n) is 5.67. The first-order valence-corrected chi connectivity index (χ1v) is 11.4. The maximum Gasteiger partial charge on any atom is 0.343 e. The Bertz CT molecular complexity index is 1200. The molecule has 8 heteroatoms. The standard InChI is InChI=1S/C27H27NO7/c1-3-4-5-6-7-22-23(26(29)30)16-17-24(34-2)25(22)18-8-10-19(11-9-18)27(31)35-21-14-12-20(13-15-21)28(32)33/h8-17H,3-7H2,1-2H3,(H,29,30). The molecule has 0 fully saturated rings. The second kappa shape index (κ2) is 11.8. The number of hydrogen-bond donors (Lipinski definition) is 1. The highest BCUT2D eigenvalue weighted by molar-refractivity contribution is 5.95. The van der Waals surface area contributed by atoms with E-state index < -0.39 is 16.9 Å². The summed E-state index contributed by atoms with van der Waals surface area (Å²) in [6.07, 6.45) is 4.60. The van der Waals surface area contributed by atoms with Crippen LogP contribution in [0.2, 0.25) is 0 Å². The number of methoxy groups -OCH3 is 1. The molecule has 35 heavy (non-hydrogen) atoms. The van der Waals surface area contributed by atoms with Crippen molar-refractivity contribution in [2.24, 2.45) is 0 Å². The van der Waals surface area contributed by atoms with Gasteiger partial charge in [0.2, 0.25) is 0 Å². The van der Waals surface area contributed by atoms with Gasteiger partial charge in [0, 0.05) is 17.7 Å². The number of aromatic carboxylic acids is 1. The lowest BCUT2D eigenvalue weighted by Crippen LogP contribution is -2.09. The van der Waals surface area contributed by atoms with Gasteiger partial charge in [0.25, 0.3) is 5.69 Å². The summed E-state index contributed by atoms with van der Waals surface area (Å²) in [6.45, 7) is 2.12. The molecule has 3 rings (SSSR count). The van der Waals surface area contributed by atoms with Crippen molar-refractivity contribution in [1.29, 1.82) is 0 Å². The number of benzene rings is 3. The number of rotatable bonds is 11. The third-order valence-corrected chi connectivity index (χ3v) is 5.67. The van der Waals surface area contributed by atoms with E-state index in [0.29, 0.717) is 23.3 Å². The van der Waals surface area contributed by atoms with E-state index in [9.17, 15) is 24.8 Å². The zero-order valence-electron chi connectivity index (χ0n) is 19.7. The molecule has 0 aliphatic heterocycles. The summed E-state index contributed by atoms with van der Waals surface area (Å²) in [5.74, 6) is -0.865. The van der Waals surface area contributed by atoms with Crippen LogP contribution in [0.15, 0.2) is 60.7 Å². The summed E-state index contributed by atoms with van der Waals surface area (Å²) >= 11 is 0. The van der Waals surface area contributed by atoms with Crippen LogP contribution >= 0.6 is 0 Å². The second-order valence-corrected chi connectivity index (χ2v) is 8.00. The van der Waals surface area contributed by atoms with Crippen LogP contribution in [0.4, 0.5) is 5.69 Å². The van der Waals surface area contributed by atoms with E-state index in [2.05, 4.69) is 6.92 Å².